The van der Waals surface area contributed by atoms with Crippen LogP contribution in [0, 0.1) is 0 Å². The number of hydrogen-bond donors (Lipinski definition) is 2. The Kier molecular flexibility index (Phi) is 7.96. The monoisotopic (exact) mass is 218 g/mol. The minimum atomic E-state index is -0.253. The average Bonchev–Trinajstić information content (AvgIpc) is 2.24. The first-order chi connectivity index (χ1) is 7.14. The fourth-order valence-electron chi connectivity index (χ4n) is 1.52. The minimum Gasteiger partial charge on any atom is -0.380 e. The molecule has 2 atom stereocenters. The van der Waals surface area contributed by atoms with Crippen molar-refractivity contribution < 1.29 is 9.47 Å². The summed E-state index contributed by atoms with van der Waals surface area (Å²) in [5, 5.41) is 0. The molecule has 0 aliphatic rings. The normalized spacial score (nSPS) is 17.4. The van der Waals surface area contributed by atoms with Crippen LogP contribution in [0.25, 0.3) is 0 Å². The largest absolute Gasteiger partial charge is 0.380 e. The van der Waals surface area contributed by atoms with Crippen LogP contribution in [0.1, 0.15) is 40.5 Å². The number of nitrogens with one attached hydrogen (secondary N) is 1. The molecular formula is C11H26N2O2. The Morgan fingerprint density at radius 1 is 1.33 bits per heavy atom. The van der Waals surface area contributed by atoms with Gasteiger partial charge in [-0.15, -0.1) is 0 Å². The Labute approximate surface area is 93.5 Å². The Bertz CT molecular complexity index is 156. The average molecular weight is 218 g/mol. The number of hydrazine groups is 1. The predicted octanol–water partition coefficient (Wildman–Crippen LogP) is 1.45. The lowest BCUT2D eigenvalue weighted by Gasteiger charge is -2.36. The van der Waals surface area contributed by atoms with Crippen LogP contribution in [-0.2, 0) is 9.47 Å². The number of ether oxygens (including phenoxy) is 2. The van der Waals surface area contributed by atoms with Gasteiger partial charge in [0.2, 0.25) is 0 Å². The molecule has 0 bridgehead atoms. The molecule has 0 aromatic heterocycles. The van der Waals surface area contributed by atoms with Crippen LogP contribution in [0.4, 0.5) is 0 Å². The maximum absolute atomic E-state index is 5.74. The third-order valence-electron chi connectivity index (χ3n) is 2.75. The minimum absolute atomic E-state index is 0.0361. The van der Waals surface area contributed by atoms with Gasteiger partial charge in [0.15, 0.2) is 0 Å². The Morgan fingerprint density at radius 3 is 2.40 bits per heavy atom. The second kappa shape index (κ2) is 8.05. The molecule has 4 heteroatoms. The molecule has 0 aromatic rings. The van der Waals surface area contributed by atoms with Crippen molar-refractivity contribution in [3.05, 3.63) is 0 Å². The Morgan fingerprint density at radius 2 is 2.00 bits per heavy atom. The van der Waals surface area contributed by atoms with Crippen molar-refractivity contribution in [1.82, 2.24) is 5.43 Å². The lowest BCUT2D eigenvalue weighted by Crippen LogP contribution is -2.55. The van der Waals surface area contributed by atoms with Crippen molar-refractivity contribution in [2.75, 3.05) is 19.8 Å². The second-order valence-electron chi connectivity index (χ2n) is 3.89. The van der Waals surface area contributed by atoms with Crippen molar-refractivity contribution >= 4 is 0 Å². The lowest BCUT2D eigenvalue weighted by atomic mass is 9.94. The van der Waals surface area contributed by atoms with E-state index in [4.69, 9.17) is 15.3 Å². The van der Waals surface area contributed by atoms with Gasteiger partial charge in [-0.25, -0.2) is 0 Å². The molecule has 0 aliphatic carbocycles. The number of rotatable bonds is 9. The molecular weight excluding hydrogens is 192 g/mol. The molecule has 0 amide bonds. The highest BCUT2D eigenvalue weighted by Gasteiger charge is 2.32. The van der Waals surface area contributed by atoms with Gasteiger partial charge < -0.3 is 9.47 Å². The predicted molar refractivity (Wildman–Crippen MR) is 62.5 cm³/mol. The summed E-state index contributed by atoms with van der Waals surface area (Å²) in [5.41, 5.74) is 2.53. The van der Waals surface area contributed by atoms with Crippen LogP contribution in [0.2, 0.25) is 0 Å². The molecule has 2 unspecified atom stereocenters. The van der Waals surface area contributed by atoms with Gasteiger partial charge in [-0.1, -0.05) is 13.8 Å². The van der Waals surface area contributed by atoms with Gasteiger partial charge in [0.25, 0.3) is 0 Å². The van der Waals surface area contributed by atoms with Crippen LogP contribution < -0.4 is 11.3 Å². The fourth-order valence-corrected chi connectivity index (χ4v) is 1.52. The van der Waals surface area contributed by atoms with E-state index in [1.807, 2.05) is 6.92 Å². The molecule has 0 spiro atoms. The van der Waals surface area contributed by atoms with Crippen LogP contribution in [-0.4, -0.2) is 31.5 Å². The standard InChI is InChI=1S/C11H26N2O2/c1-5-8-14-9-10(13-12)11(4,6-2)15-7-3/h10,13H,5-9,12H2,1-4H3. The maximum Gasteiger partial charge on any atom is 0.0839 e. The van der Waals surface area contributed by atoms with E-state index in [-0.39, 0.29) is 11.6 Å². The Hall–Kier alpha value is -0.160. The zero-order valence-corrected chi connectivity index (χ0v) is 10.5. The van der Waals surface area contributed by atoms with Gasteiger partial charge in [0.1, 0.15) is 0 Å². The first-order valence-corrected chi connectivity index (χ1v) is 5.82. The van der Waals surface area contributed by atoms with Crippen LogP contribution >= 0.6 is 0 Å². The molecule has 0 fully saturated rings. The molecule has 0 aromatic carbocycles. The first-order valence-electron chi connectivity index (χ1n) is 5.82. The summed E-state index contributed by atoms with van der Waals surface area (Å²) in [6.07, 6.45) is 1.93. The molecule has 0 saturated heterocycles. The van der Waals surface area contributed by atoms with E-state index in [0.717, 1.165) is 19.4 Å². The van der Waals surface area contributed by atoms with Gasteiger partial charge in [0.05, 0.1) is 18.2 Å². The first kappa shape index (κ1) is 14.8. The number of nitrogens with two attached hydrogens (primary N) is 1. The van der Waals surface area contributed by atoms with E-state index in [1.165, 1.54) is 0 Å². The van der Waals surface area contributed by atoms with E-state index in [2.05, 4.69) is 26.2 Å². The Balaban J connectivity index is 4.19. The molecule has 4 nitrogen and oxygen atoms in total. The molecule has 0 radical (unpaired) electrons. The highest BCUT2D eigenvalue weighted by atomic mass is 16.5. The van der Waals surface area contributed by atoms with Gasteiger partial charge in [-0.05, 0) is 26.7 Å². The molecule has 0 heterocycles. The summed E-state index contributed by atoms with van der Waals surface area (Å²) < 4.78 is 11.2. The summed E-state index contributed by atoms with van der Waals surface area (Å²) >= 11 is 0. The summed E-state index contributed by atoms with van der Waals surface area (Å²) in [4.78, 5) is 0. The third kappa shape index (κ3) is 4.93. The fraction of sp³-hybridized carbons (Fsp3) is 1.00. The topological polar surface area (TPSA) is 56.5 Å². The van der Waals surface area contributed by atoms with Crippen molar-refractivity contribution in [2.45, 2.75) is 52.2 Å². The van der Waals surface area contributed by atoms with Crippen molar-refractivity contribution in [3.63, 3.8) is 0 Å². The molecule has 3 N–H and O–H groups in total. The van der Waals surface area contributed by atoms with Gasteiger partial charge in [0, 0.05) is 13.2 Å². The zero-order valence-electron chi connectivity index (χ0n) is 10.5. The van der Waals surface area contributed by atoms with Crippen molar-refractivity contribution in [2.24, 2.45) is 5.84 Å². The van der Waals surface area contributed by atoms with Crippen LogP contribution in [0.15, 0.2) is 0 Å². The lowest BCUT2D eigenvalue weighted by molar-refractivity contribution is -0.0749. The summed E-state index contributed by atoms with van der Waals surface area (Å²) in [7, 11) is 0. The highest BCUT2D eigenvalue weighted by Crippen LogP contribution is 2.20. The van der Waals surface area contributed by atoms with Crippen molar-refractivity contribution in [1.29, 1.82) is 0 Å². The highest BCUT2D eigenvalue weighted by molar-refractivity contribution is 4.87. The molecule has 92 valence electrons. The van der Waals surface area contributed by atoms with E-state index in [1.54, 1.807) is 0 Å². The van der Waals surface area contributed by atoms with Crippen LogP contribution in [0.3, 0.4) is 0 Å². The van der Waals surface area contributed by atoms with Gasteiger partial charge in [-0.3, -0.25) is 11.3 Å². The van der Waals surface area contributed by atoms with E-state index in [9.17, 15) is 0 Å². The van der Waals surface area contributed by atoms with Gasteiger partial charge >= 0.3 is 0 Å². The van der Waals surface area contributed by atoms with Crippen molar-refractivity contribution in [3.8, 4) is 0 Å². The SMILES string of the molecule is CCCOCC(NN)C(C)(CC)OCC. The summed E-state index contributed by atoms with van der Waals surface area (Å²) in [6.45, 7) is 10.3. The number of hydrogen-bond acceptors (Lipinski definition) is 4. The molecule has 0 rings (SSSR count). The smallest absolute Gasteiger partial charge is 0.0839 e. The van der Waals surface area contributed by atoms with Crippen LogP contribution in [0.5, 0.6) is 0 Å². The maximum atomic E-state index is 5.74. The molecule has 0 aliphatic heterocycles. The van der Waals surface area contributed by atoms with E-state index in [0.29, 0.717) is 13.2 Å². The zero-order chi connectivity index (χ0) is 11.7. The van der Waals surface area contributed by atoms with E-state index < -0.39 is 0 Å². The third-order valence-corrected chi connectivity index (χ3v) is 2.75. The van der Waals surface area contributed by atoms with E-state index >= 15 is 0 Å². The summed E-state index contributed by atoms with van der Waals surface area (Å²) in [5.74, 6) is 5.54. The second-order valence-corrected chi connectivity index (χ2v) is 3.89. The summed E-state index contributed by atoms with van der Waals surface area (Å²) in [6, 6.07) is 0.0361. The van der Waals surface area contributed by atoms with Gasteiger partial charge in [-0.2, -0.15) is 0 Å². The quantitative estimate of drug-likeness (QED) is 0.349. The molecule has 0 saturated carbocycles. The molecule has 15 heavy (non-hydrogen) atoms.